The highest BCUT2D eigenvalue weighted by Crippen LogP contribution is 2.13. The lowest BCUT2D eigenvalue weighted by atomic mass is 10.0. The van der Waals surface area contributed by atoms with Crippen LogP contribution in [-0.2, 0) is 19.9 Å². The second-order valence-corrected chi connectivity index (χ2v) is 5.64. The van der Waals surface area contributed by atoms with Crippen molar-refractivity contribution in [2.24, 2.45) is 7.05 Å². The van der Waals surface area contributed by atoms with E-state index in [2.05, 4.69) is 35.7 Å². The number of halogens is 1. The van der Waals surface area contributed by atoms with Crippen LogP contribution in [0, 0.1) is 0 Å². The number of nitrogens with one attached hydrogen (secondary N) is 1. The summed E-state index contributed by atoms with van der Waals surface area (Å²) < 4.78 is 1.86. The van der Waals surface area contributed by atoms with E-state index in [9.17, 15) is 0 Å². The molecule has 0 saturated carbocycles. The van der Waals surface area contributed by atoms with Gasteiger partial charge in [-0.05, 0) is 49.1 Å². The SMILES string of the molecule is CCCNC(Cc1ccc(Cl)cc1)Cc1cnn(C)c1. The summed E-state index contributed by atoms with van der Waals surface area (Å²) in [5, 5.41) is 8.65. The van der Waals surface area contributed by atoms with Crippen LogP contribution in [0.15, 0.2) is 36.7 Å². The minimum Gasteiger partial charge on any atom is -0.313 e. The van der Waals surface area contributed by atoms with Gasteiger partial charge in [0.25, 0.3) is 0 Å². The van der Waals surface area contributed by atoms with Gasteiger partial charge in [0.15, 0.2) is 0 Å². The predicted octanol–water partition coefficient (Wildman–Crippen LogP) is 3.23. The van der Waals surface area contributed by atoms with Crippen molar-refractivity contribution in [3.63, 3.8) is 0 Å². The van der Waals surface area contributed by atoms with Crippen molar-refractivity contribution >= 4 is 11.6 Å². The molecule has 0 amide bonds. The molecule has 0 bridgehead atoms. The maximum absolute atomic E-state index is 5.94. The van der Waals surface area contributed by atoms with Crippen LogP contribution in [0.25, 0.3) is 0 Å². The lowest BCUT2D eigenvalue weighted by Crippen LogP contribution is -2.33. The standard InChI is InChI=1S/C16H22ClN3/c1-3-8-18-16(10-14-11-19-20(2)12-14)9-13-4-6-15(17)7-5-13/h4-7,11-12,16,18H,3,8-10H2,1-2H3. The number of nitrogens with zero attached hydrogens (tertiary/aromatic N) is 2. The molecule has 0 aliphatic heterocycles. The first-order chi connectivity index (χ1) is 9.67. The summed E-state index contributed by atoms with van der Waals surface area (Å²) in [4.78, 5) is 0. The molecule has 1 unspecified atom stereocenters. The number of aromatic nitrogens is 2. The highest BCUT2D eigenvalue weighted by molar-refractivity contribution is 6.30. The lowest BCUT2D eigenvalue weighted by molar-refractivity contribution is 0.504. The number of benzene rings is 1. The molecular formula is C16H22ClN3. The Balaban J connectivity index is 2.00. The third-order valence-corrected chi connectivity index (χ3v) is 3.57. The van der Waals surface area contributed by atoms with Gasteiger partial charge in [-0.15, -0.1) is 0 Å². The molecule has 0 fully saturated rings. The first-order valence-corrected chi connectivity index (χ1v) is 7.50. The van der Waals surface area contributed by atoms with E-state index >= 15 is 0 Å². The fourth-order valence-electron chi connectivity index (χ4n) is 2.33. The van der Waals surface area contributed by atoms with Crippen LogP contribution in [0.3, 0.4) is 0 Å². The largest absolute Gasteiger partial charge is 0.313 e. The average Bonchev–Trinajstić information content (AvgIpc) is 2.84. The van der Waals surface area contributed by atoms with Crippen molar-refractivity contribution < 1.29 is 0 Å². The Kier molecular flexibility index (Phi) is 5.62. The van der Waals surface area contributed by atoms with Gasteiger partial charge < -0.3 is 5.32 Å². The van der Waals surface area contributed by atoms with Crippen LogP contribution in [-0.4, -0.2) is 22.4 Å². The van der Waals surface area contributed by atoms with Gasteiger partial charge in [0.2, 0.25) is 0 Å². The molecule has 0 aliphatic carbocycles. The molecule has 0 radical (unpaired) electrons. The monoisotopic (exact) mass is 291 g/mol. The van der Waals surface area contributed by atoms with Crippen LogP contribution in [0.2, 0.25) is 5.02 Å². The number of rotatable bonds is 7. The first-order valence-electron chi connectivity index (χ1n) is 7.12. The van der Waals surface area contributed by atoms with Crippen LogP contribution in [0.4, 0.5) is 0 Å². The molecule has 1 aromatic heterocycles. The molecule has 2 rings (SSSR count). The molecule has 0 saturated heterocycles. The topological polar surface area (TPSA) is 29.9 Å². The Morgan fingerprint density at radius 1 is 1.20 bits per heavy atom. The minimum atomic E-state index is 0.431. The van der Waals surface area contributed by atoms with E-state index < -0.39 is 0 Å². The molecule has 4 heteroatoms. The first kappa shape index (κ1) is 15.1. The van der Waals surface area contributed by atoms with Gasteiger partial charge >= 0.3 is 0 Å². The summed E-state index contributed by atoms with van der Waals surface area (Å²) >= 11 is 5.94. The highest BCUT2D eigenvalue weighted by atomic mass is 35.5. The maximum atomic E-state index is 5.94. The van der Waals surface area contributed by atoms with Gasteiger partial charge in [-0.1, -0.05) is 30.7 Å². The van der Waals surface area contributed by atoms with Gasteiger partial charge in [-0.25, -0.2) is 0 Å². The van der Waals surface area contributed by atoms with Crippen molar-refractivity contribution in [2.45, 2.75) is 32.2 Å². The smallest absolute Gasteiger partial charge is 0.0522 e. The number of hydrogen-bond donors (Lipinski definition) is 1. The average molecular weight is 292 g/mol. The van der Waals surface area contributed by atoms with E-state index in [0.717, 1.165) is 30.8 Å². The summed E-state index contributed by atoms with van der Waals surface area (Å²) in [6, 6.07) is 8.55. The van der Waals surface area contributed by atoms with Gasteiger partial charge in [0, 0.05) is 24.3 Å². The molecular weight excluding hydrogens is 270 g/mol. The summed E-state index contributed by atoms with van der Waals surface area (Å²) in [5.41, 5.74) is 2.59. The van der Waals surface area contributed by atoms with Crippen molar-refractivity contribution in [3.05, 3.63) is 52.8 Å². The van der Waals surface area contributed by atoms with Crippen LogP contribution < -0.4 is 5.32 Å². The fraction of sp³-hybridized carbons (Fsp3) is 0.438. The van der Waals surface area contributed by atoms with E-state index in [0.29, 0.717) is 6.04 Å². The van der Waals surface area contributed by atoms with Gasteiger partial charge in [-0.2, -0.15) is 5.10 Å². The Bertz CT molecular complexity index is 519. The van der Waals surface area contributed by atoms with Crippen LogP contribution >= 0.6 is 11.6 Å². The van der Waals surface area contributed by atoms with E-state index in [1.165, 1.54) is 11.1 Å². The van der Waals surface area contributed by atoms with Gasteiger partial charge in [-0.3, -0.25) is 4.68 Å². The molecule has 2 aromatic rings. The molecule has 0 aliphatic rings. The molecule has 108 valence electrons. The molecule has 1 atom stereocenters. The normalized spacial score (nSPS) is 12.6. The molecule has 1 aromatic carbocycles. The zero-order chi connectivity index (χ0) is 14.4. The summed E-state index contributed by atoms with van der Waals surface area (Å²) in [7, 11) is 1.96. The van der Waals surface area contributed by atoms with Crippen molar-refractivity contribution in [3.8, 4) is 0 Å². The highest BCUT2D eigenvalue weighted by Gasteiger charge is 2.11. The number of hydrogen-bond acceptors (Lipinski definition) is 2. The van der Waals surface area contributed by atoms with E-state index in [4.69, 9.17) is 11.6 Å². The van der Waals surface area contributed by atoms with Gasteiger partial charge in [0.05, 0.1) is 6.20 Å². The zero-order valence-corrected chi connectivity index (χ0v) is 12.9. The molecule has 0 spiro atoms. The molecule has 1 heterocycles. The van der Waals surface area contributed by atoms with E-state index in [1.54, 1.807) is 0 Å². The zero-order valence-electron chi connectivity index (χ0n) is 12.1. The van der Waals surface area contributed by atoms with E-state index in [1.807, 2.05) is 30.1 Å². The quantitative estimate of drug-likeness (QED) is 0.849. The lowest BCUT2D eigenvalue weighted by Gasteiger charge is -2.18. The molecule has 1 N–H and O–H groups in total. The van der Waals surface area contributed by atoms with Crippen molar-refractivity contribution in [1.82, 2.24) is 15.1 Å². The summed E-state index contributed by atoms with van der Waals surface area (Å²) in [5.74, 6) is 0. The van der Waals surface area contributed by atoms with E-state index in [-0.39, 0.29) is 0 Å². The third kappa shape index (κ3) is 4.66. The third-order valence-electron chi connectivity index (χ3n) is 3.32. The Morgan fingerprint density at radius 2 is 1.90 bits per heavy atom. The Morgan fingerprint density at radius 3 is 2.50 bits per heavy atom. The molecule has 3 nitrogen and oxygen atoms in total. The Labute approximate surface area is 126 Å². The second-order valence-electron chi connectivity index (χ2n) is 5.21. The Hall–Kier alpha value is -1.32. The van der Waals surface area contributed by atoms with Crippen LogP contribution in [0.1, 0.15) is 24.5 Å². The molecule has 20 heavy (non-hydrogen) atoms. The maximum Gasteiger partial charge on any atom is 0.0522 e. The van der Waals surface area contributed by atoms with Gasteiger partial charge in [0.1, 0.15) is 0 Å². The minimum absolute atomic E-state index is 0.431. The van der Waals surface area contributed by atoms with Crippen molar-refractivity contribution in [2.75, 3.05) is 6.54 Å². The fourth-order valence-corrected chi connectivity index (χ4v) is 2.46. The second kappa shape index (κ2) is 7.46. The summed E-state index contributed by atoms with van der Waals surface area (Å²) in [6.07, 6.45) is 7.18. The number of aryl methyl sites for hydroxylation is 1. The predicted molar refractivity (Wildman–Crippen MR) is 84.1 cm³/mol. The van der Waals surface area contributed by atoms with Crippen molar-refractivity contribution in [1.29, 1.82) is 0 Å². The van der Waals surface area contributed by atoms with Crippen LogP contribution in [0.5, 0.6) is 0 Å². The summed E-state index contributed by atoms with van der Waals surface area (Å²) in [6.45, 7) is 3.23.